The van der Waals surface area contributed by atoms with Gasteiger partial charge in [0.1, 0.15) is 23.0 Å². The Bertz CT molecular complexity index is 3100. The molecule has 4 heterocycles. The lowest BCUT2D eigenvalue weighted by Crippen LogP contribution is -2.34. The lowest BCUT2D eigenvalue weighted by Gasteiger charge is -2.34. The van der Waals surface area contributed by atoms with Gasteiger partial charge < -0.3 is 19.7 Å². The van der Waals surface area contributed by atoms with E-state index in [2.05, 4.69) is 43.1 Å². The number of fused-ring (bicyclic) bond motifs is 2. The summed E-state index contributed by atoms with van der Waals surface area (Å²) in [7, 11) is 2.66. The molecule has 0 amide bonds. The average molecular weight is 1020 g/mol. The van der Waals surface area contributed by atoms with Gasteiger partial charge >= 0.3 is 11.9 Å². The molecule has 0 unspecified atom stereocenters. The van der Waals surface area contributed by atoms with Gasteiger partial charge in [0.2, 0.25) is 0 Å². The minimum Gasteiger partial charge on any atom is -0.465 e. The maximum Gasteiger partial charge on any atom is 0.337 e. The van der Waals surface area contributed by atoms with E-state index in [4.69, 9.17) is 49.5 Å². The number of esters is 2. The standard InChI is InChI=1S/C27H23ClFN3O2.C16H10ClFN2O2.C11H14ClN.ClH/c1-34-27(33)20-7-10-23-24(16-20)30-25(18-5-8-22(29)9-6-18)26(31-23)32-13-11-17(12-14-32)19-3-2-4-21(28)15-19;1-22-16(21)10-4-7-12-13(8-10)19-14(15(17)20-12)9-2-5-11(18)6-3-9;12-11-3-1-2-10(8-11)9-4-6-13-7-5-9;/h2-10,15-17H,11-14H2,1H3;2-8H,1H3;1-3,8-9,13H,4-7H2;1H. The minimum atomic E-state index is -0.456. The van der Waals surface area contributed by atoms with Gasteiger partial charge in [-0.1, -0.05) is 59.1 Å². The van der Waals surface area contributed by atoms with Crippen LogP contribution in [0.1, 0.15) is 69.4 Å². The Kier molecular flexibility index (Phi) is 17.7. The predicted molar refractivity (Wildman–Crippen MR) is 277 cm³/mol. The molecule has 0 saturated carbocycles. The van der Waals surface area contributed by atoms with E-state index < -0.39 is 11.9 Å². The zero-order chi connectivity index (χ0) is 48.4. The molecule has 2 aliphatic heterocycles. The van der Waals surface area contributed by atoms with Crippen LogP contribution in [0.2, 0.25) is 15.2 Å². The zero-order valence-corrected chi connectivity index (χ0v) is 41.3. The van der Waals surface area contributed by atoms with Crippen LogP contribution in [0.5, 0.6) is 0 Å². The predicted octanol–water partition coefficient (Wildman–Crippen LogP) is 13.4. The van der Waals surface area contributed by atoms with Gasteiger partial charge in [-0.15, -0.1) is 12.4 Å². The lowest BCUT2D eigenvalue weighted by molar-refractivity contribution is 0.0592. The van der Waals surface area contributed by atoms with Gasteiger partial charge in [0.05, 0.1) is 47.4 Å². The summed E-state index contributed by atoms with van der Waals surface area (Å²) in [6.45, 7) is 3.89. The Labute approximate surface area is 425 Å². The van der Waals surface area contributed by atoms with Gasteiger partial charge in [0, 0.05) is 34.3 Å². The van der Waals surface area contributed by atoms with Crippen LogP contribution < -0.4 is 10.2 Å². The third-order valence-corrected chi connectivity index (χ3v) is 12.9. The Balaban J connectivity index is 0.000000171. The number of ether oxygens (including phenoxy) is 2. The van der Waals surface area contributed by atoms with E-state index in [1.165, 1.54) is 62.5 Å². The van der Waals surface area contributed by atoms with E-state index >= 15 is 0 Å². The van der Waals surface area contributed by atoms with Crippen LogP contribution >= 0.6 is 47.2 Å². The van der Waals surface area contributed by atoms with Crippen molar-refractivity contribution < 1.29 is 27.8 Å². The number of nitrogens with zero attached hydrogens (tertiary/aromatic N) is 5. The summed E-state index contributed by atoms with van der Waals surface area (Å²) in [5.41, 5.74) is 8.27. The minimum absolute atomic E-state index is 0. The second kappa shape index (κ2) is 24.0. The van der Waals surface area contributed by atoms with E-state index in [0.29, 0.717) is 62.0 Å². The van der Waals surface area contributed by atoms with Crippen LogP contribution in [-0.2, 0) is 9.47 Å². The van der Waals surface area contributed by atoms with E-state index in [1.54, 1.807) is 60.7 Å². The smallest absolute Gasteiger partial charge is 0.337 e. The zero-order valence-electron chi connectivity index (χ0n) is 38.2. The monoisotopic (exact) mass is 1020 g/mol. The number of benzene rings is 6. The Hall–Kier alpha value is -6.28. The quantitative estimate of drug-likeness (QED) is 0.155. The van der Waals surface area contributed by atoms with Crippen molar-refractivity contribution in [3.05, 3.63) is 183 Å². The molecule has 0 bridgehead atoms. The van der Waals surface area contributed by atoms with Gasteiger partial charge in [0.15, 0.2) is 11.0 Å². The van der Waals surface area contributed by atoms with Crippen LogP contribution in [0.25, 0.3) is 44.6 Å². The molecular weight excluding hydrogens is 976 g/mol. The molecule has 360 valence electrons. The van der Waals surface area contributed by atoms with Crippen molar-refractivity contribution in [3.63, 3.8) is 0 Å². The fourth-order valence-electron chi connectivity index (χ4n) is 8.48. The molecule has 2 saturated heterocycles. The lowest BCUT2D eigenvalue weighted by atomic mass is 9.89. The highest BCUT2D eigenvalue weighted by atomic mass is 35.5. The molecule has 16 heteroatoms. The molecule has 0 spiro atoms. The number of methoxy groups -OCH3 is 2. The molecule has 8 aromatic rings. The number of carbonyl (C=O) groups excluding carboxylic acids is 2. The van der Waals surface area contributed by atoms with Crippen molar-refractivity contribution in [2.45, 2.75) is 37.5 Å². The van der Waals surface area contributed by atoms with Gasteiger partial charge in [-0.25, -0.2) is 38.3 Å². The third-order valence-electron chi connectivity index (χ3n) is 12.1. The average Bonchev–Trinajstić information content (AvgIpc) is 3.38. The summed E-state index contributed by atoms with van der Waals surface area (Å²) in [4.78, 5) is 44.3. The van der Waals surface area contributed by atoms with E-state index in [0.717, 1.165) is 60.4 Å². The molecule has 10 rings (SSSR count). The number of rotatable bonds is 7. The van der Waals surface area contributed by atoms with Crippen LogP contribution in [0.15, 0.2) is 133 Å². The molecule has 2 fully saturated rings. The second-order valence-corrected chi connectivity index (χ2v) is 17.8. The van der Waals surface area contributed by atoms with Crippen molar-refractivity contribution in [2.24, 2.45) is 0 Å². The van der Waals surface area contributed by atoms with Crippen LogP contribution in [0.4, 0.5) is 14.6 Å². The summed E-state index contributed by atoms with van der Waals surface area (Å²) in [5, 5.41) is 5.19. The number of hydrogen-bond acceptors (Lipinski definition) is 10. The molecule has 0 radical (unpaired) electrons. The highest BCUT2D eigenvalue weighted by Crippen LogP contribution is 2.36. The van der Waals surface area contributed by atoms with E-state index in [9.17, 15) is 18.4 Å². The largest absolute Gasteiger partial charge is 0.465 e. The number of hydrogen-bond donors (Lipinski definition) is 1. The number of piperidine rings is 2. The van der Waals surface area contributed by atoms with Gasteiger partial charge in [-0.3, -0.25) is 0 Å². The Morgan fingerprint density at radius 1 is 0.557 bits per heavy atom. The van der Waals surface area contributed by atoms with Crippen LogP contribution in [0.3, 0.4) is 0 Å². The van der Waals surface area contributed by atoms with Gasteiger partial charge in [-0.2, -0.15) is 0 Å². The first-order valence-electron chi connectivity index (χ1n) is 22.4. The SMILES string of the molecule is COC(=O)c1ccc2nc(Cl)c(-c3ccc(F)cc3)nc2c1.COC(=O)c1ccc2nc(N3CCC(c4cccc(Cl)c4)CC3)c(-c3ccc(F)cc3)nc2c1.Cl.Clc1cccc(C2CCNCC2)c1. The fraction of sp³-hybridized carbons (Fsp3) is 0.222. The molecule has 2 aliphatic rings. The molecular formula is C54H48Cl4F2N6O4. The maximum atomic E-state index is 13.6. The summed E-state index contributed by atoms with van der Waals surface area (Å²) in [6, 6.07) is 38.3. The Morgan fingerprint density at radius 3 is 1.50 bits per heavy atom. The molecule has 2 aromatic heterocycles. The Morgan fingerprint density at radius 2 is 1.01 bits per heavy atom. The van der Waals surface area contributed by atoms with Crippen molar-refractivity contribution in [3.8, 4) is 22.5 Å². The molecule has 10 nitrogen and oxygen atoms in total. The molecule has 1 N–H and O–H groups in total. The molecule has 6 aromatic carbocycles. The second-order valence-electron chi connectivity index (χ2n) is 16.6. The van der Waals surface area contributed by atoms with Crippen molar-refractivity contribution >= 4 is 87.0 Å². The van der Waals surface area contributed by atoms with E-state index in [1.807, 2.05) is 30.3 Å². The summed E-state index contributed by atoms with van der Waals surface area (Å²) < 4.78 is 36.2. The van der Waals surface area contributed by atoms with Crippen molar-refractivity contribution in [2.75, 3.05) is 45.3 Å². The number of nitrogens with one attached hydrogen (secondary N) is 1. The third kappa shape index (κ3) is 12.7. The van der Waals surface area contributed by atoms with Crippen molar-refractivity contribution in [1.82, 2.24) is 25.3 Å². The fourth-order valence-corrected chi connectivity index (χ4v) is 9.12. The normalized spacial score (nSPS) is 13.8. The summed E-state index contributed by atoms with van der Waals surface area (Å²) in [5.74, 6) is 0.354. The topological polar surface area (TPSA) is 119 Å². The number of carbonyl (C=O) groups is 2. The summed E-state index contributed by atoms with van der Waals surface area (Å²) in [6.07, 6.45) is 4.40. The number of halogens is 6. The summed E-state index contributed by atoms with van der Waals surface area (Å²) >= 11 is 18.3. The number of aromatic nitrogens is 4. The van der Waals surface area contributed by atoms with Crippen molar-refractivity contribution in [1.29, 1.82) is 0 Å². The van der Waals surface area contributed by atoms with Crippen LogP contribution in [0, 0.1) is 11.6 Å². The molecule has 0 aliphatic carbocycles. The first kappa shape index (κ1) is 51.6. The first-order valence-corrected chi connectivity index (χ1v) is 23.5. The van der Waals surface area contributed by atoms with Crippen LogP contribution in [-0.4, -0.2) is 72.3 Å². The van der Waals surface area contributed by atoms with E-state index in [-0.39, 0.29) is 29.2 Å². The highest BCUT2D eigenvalue weighted by Gasteiger charge is 2.25. The first-order chi connectivity index (χ1) is 33.5. The van der Waals surface area contributed by atoms with Gasteiger partial charge in [-0.05, 0) is 171 Å². The molecule has 0 atom stereocenters. The molecule has 70 heavy (non-hydrogen) atoms. The maximum absolute atomic E-state index is 13.6. The number of anilines is 1. The highest BCUT2D eigenvalue weighted by molar-refractivity contribution is 6.32. The van der Waals surface area contributed by atoms with Gasteiger partial charge in [0.25, 0.3) is 0 Å².